The summed E-state index contributed by atoms with van der Waals surface area (Å²) in [6, 6.07) is 0.702. The normalized spacial score (nSPS) is 27.9. The van der Waals surface area contributed by atoms with E-state index in [2.05, 4.69) is 26.1 Å². The molecule has 3 unspecified atom stereocenters. The number of ether oxygens (including phenoxy) is 1. The summed E-state index contributed by atoms with van der Waals surface area (Å²) in [5.41, 5.74) is 0. The van der Waals surface area contributed by atoms with Gasteiger partial charge < -0.3 is 10.1 Å². The summed E-state index contributed by atoms with van der Waals surface area (Å²) in [4.78, 5) is 0. The molecule has 2 nitrogen and oxygen atoms in total. The minimum absolute atomic E-state index is 0.702. The molecule has 0 aromatic heterocycles. The summed E-state index contributed by atoms with van der Waals surface area (Å²) in [7, 11) is 0. The molecule has 0 aromatic rings. The van der Waals surface area contributed by atoms with Crippen molar-refractivity contribution in [3.05, 3.63) is 0 Å². The predicted octanol–water partition coefficient (Wildman–Crippen LogP) is 3.22. The zero-order valence-electron chi connectivity index (χ0n) is 11.3. The van der Waals surface area contributed by atoms with Crippen molar-refractivity contribution in [2.45, 2.75) is 58.9 Å². The molecule has 2 heteroatoms. The molecule has 96 valence electrons. The number of hydrogen-bond donors (Lipinski definition) is 1. The maximum absolute atomic E-state index is 5.63. The van der Waals surface area contributed by atoms with Crippen LogP contribution in [0.4, 0.5) is 0 Å². The molecule has 1 saturated heterocycles. The topological polar surface area (TPSA) is 21.3 Å². The second-order valence-electron chi connectivity index (χ2n) is 5.31. The van der Waals surface area contributed by atoms with Gasteiger partial charge in [-0.1, -0.05) is 33.6 Å². The van der Waals surface area contributed by atoms with Gasteiger partial charge in [0.25, 0.3) is 0 Å². The minimum Gasteiger partial charge on any atom is -0.381 e. The van der Waals surface area contributed by atoms with Crippen LogP contribution in [0.1, 0.15) is 52.9 Å². The molecular weight excluding hydrogens is 198 g/mol. The molecule has 1 fully saturated rings. The van der Waals surface area contributed by atoms with Gasteiger partial charge in [-0.05, 0) is 37.6 Å². The number of hydrogen-bond acceptors (Lipinski definition) is 2. The van der Waals surface area contributed by atoms with E-state index in [4.69, 9.17) is 4.74 Å². The van der Waals surface area contributed by atoms with Gasteiger partial charge in [-0.15, -0.1) is 0 Å². The van der Waals surface area contributed by atoms with Crippen molar-refractivity contribution in [2.75, 3.05) is 19.8 Å². The molecule has 1 N–H and O–H groups in total. The van der Waals surface area contributed by atoms with E-state index in [1.807, 2.05) is 0 Å². The van der Waals surface area contributed by atoms with E-state index >= 15 is 0 Å². The minimum atomic E-state index is 0.702. The predicted molar refractivity (Wildman–Crippen MR) is 69.7 cm³/mol. The summed E-state index contributed by atoms with van der Waals surface area (Å²) in [6.07, 6.45) is 6.42. The molecule has 16 heavy (non-hydrogen) atoms. The lowest BCUT2D eigenvalue weighted by molar-refractivity contribution is 0.0227. The molecule has 0 radical (unpaired) electrons. The Morgan fingerprint density at radius 1 is 1.31 bits per heavy atom. The van der Waals surface area contributed by atoms with E-state index in [-0.39, 0.29) is 0 Å². The summed E-state index contributed by atoms with van der Waals surface area (Å²) in [5.74, 6) is 1.59. The van der Waals surface area contributed by atoms with Gasteiger partial charge in [0.15, 0.2) is 0 Å². The molecule has 0 bridgehead atoms. The quantitative estimate of drug-likeness (QED) is 0.721. The summed E-state index contributed by atoms with van der Waals surface area (Å²) >= 11 is 0. The van der Waals surface area contributed by atoms with Crippen LogP contribution in [0, 0.1) is 11.8 Å². The third-order valence-electron chi connectivity index (χ3n) is 3.62. The molecule has 1 aliphatic heterocycles. The Balaban J connectivity index is 2.33. The van der Waals surface area contributed by atoms with E-state index in [1.165, 1.54) is 32.1 Å². The smallest absolute Gasteiger partial charge is 0.0509 e. The van der Waals surface area contributed by atoms with E-state index in [1.54, 1.807) is 0 Å². The molecule has 3 atom stereocenters. The third kappa shape index (κ3) is 4.84. The van der Waals surface area contributed by atoms with Gasteiger partial charge in [0.1, 0.15) is 0 Å². The van der Waals surface area contributed by atoms with Gasteiger partial charge in [-0.25, -0.2) is 0 Å². The molecule has 1 heterocycles. The Bertz CT molecular complexity index is 172. The molecule has 0 amide bonds. The Labute approximate surface area is 101 Å². The average Bonchev–Trinajstić information content (AvgIpc) is 2.28. The summed E-state index contributed by atoms with van der Waals surface area (Å²) in [5, 5.41) is 3.69. The largest absolute Gasteiger partial charge is 0.381 e. The lowest BCUT2D eigenvalue weighted by Crippen LogP contribution is -2.43. The standard InChI is InChI=1S/C14H29NO/c1-4-6-12(3)10-13-11-16-9-7-14(13)15-8-5-2/h12-15H,4-11H2,1-3H3. The SMILES string of the molecule is CCCNC1CCOCC1CC(C)CCC. The summed E-state index contributed by atoms with van der Waals surface area (Å²) in [6.45, 7) is 9.97. The van der Waals surface area contributed by atoms with Crippen molar-refractivity contribution in [3.63, 3.8) is 0 Å². The van der Waals surface area contributed by atoms with Crippen LogP contribution >= 0.6 is 0 Å². The maximum Gasteiger partial charge on any atom is 0.0509 e. The van der Waals surface area contributed by atoms with Crippen molar-refractivity contribution >= 4 is 0 Å². The Morgan fingerprint density at radius 2 is 2.12 bits per heavy atom. The van der Waals surface area contributed by atoms with Crippen molar-refractivity contribution in [3.8, 4) is 0 Å². The van der Waals surface area contributed by atoms with Crippen LogP contribution in [-0.4, -0.2) is 25.8 Å². The monoisotopic (exact) mass is 227 g/mol. The Morgan fingerprint density at radius 3 is 2.81 bits per heavy atom. The van der Waals surface area contributed by atoms with Crippen LogP contribution in [0.5, 0.6) is 0 Å². The fourth-order valence-corrected chi connectivity index (χ4v) is 2.76. The molecule has 1 aliphatic rings. The first-order valence-electron chi connectivity index (χ1n) is 7.09. The van der Waals surface area contributed by atoms with Crippen molar-refractivity contribution < 1.29 is 4.74 Å². The van der Waals surface area contributed by atoms with Gasteiger partial charge in [0.05, 0.1) is 6.61 Å². The molecular formula is C14H29NO. The van der Waals surface area contributed by atoms with Gasteiger partial charge in [-0.3, -0.25) is 0 Å². The van der Waals surface area contributed by atoms with Gasteiger partial charge in [0.2, 0.25) is 0 Å². The highest BCUT2D eigenvalue weighted by Gasteiger charge is 2.26. The van der Waals surface area contributed by atoms with Crippen molar-refractivity contribution in [1.29, 1.82) is 0 Å². The third-order valence-corrected chi connectivity index (χ3v) is 3.62. The van der Waals surface area contributed by atoms with E-state index in [0.29, 0.717) is 6.04 Å². The Kier molecular flexibility index (Phi) is 7.06. The summed E-state index contributed by atoms with van der Waals surface area (Å²) < 4.78 is 5.63. The van der Waals surface area contributed by atoms with Crippen LogP contribution in [0.15, 0.2) is 0 Å². The second kappa shape index (κ2) is 8.08. The zero-order valence-corrected chi connectivity index (χ0v) is 11.3. The maximum atomic E-state index is 5.63. The molecule has 0 aromatic carbocycles. The van der Waals surface area contributed by atoms with Crippen LogP contribution in [0.2, 0.25) is 0 Å². The molecule has 0 spiro atoms. The van der Waals surface area contributed by atoms with E-state index in [9.17, 15) is 0 Å². The zero-order chi connectivity index (χ0) is 11.8. The molecule has 0 aliphatic carbocycles. The lowest BCUT2D eigenvalue weighted by atomic mass is 9.85. The Hall–Kier alpha value is -0.0800. The van der Waals surface area contributed by atoms with Gasteiger partial charge in [-0.2, -0.15) is 0 Å². The van der Waals surface area contributed by atoms with Crippen LogP contribution in [-0.2, 0) is 4.74 Å². The van der Waals surface area contributed by atoms with Gasteiger partial charge in [0, 0.05) is 12.6 Å². The average molecular weight is 227 g/mol. The number of rotatable bonds is 7. The van der Waals surface area contributed by atoms with Crippen molar-refractivity contribution in [2.24, 2.45) is 11.8 Å². The second-order valence-corrected chi connectivity index (χ2v) is 5.31. The first-order valence-corrected chi connectivity index (χ1v) is 7.09. The van der Waals surface area contributed by atoms with Crippen LogP contribution < -0.4 is 5.32 Å². The van der Waals surface area contributed by atoms with E-state index in [0.717, 1.165) is 31.6 Å². The highest BCUT2D eigenvalue weighted by atomic mass is 16.5. The van der Waals surface area contributed by atoms with Crippen LogP contribution in [0.3, 0.4) is 0 Å². The highest BCUT2D eigenvalue weighted by molar-refractivity contribution is 4.80. The fourth-order valence-electron chi connectivity index (χ4n) is 2.76. The molecule has 0 saturated carbocycles. The van der Waals surface area contributed by atoms with Crippen LogP contribution in [0.25, 0.3) is 0 Å². The fraction of sp³-hybridized carbons (Fsp3) is 1.00. The van der Waals surface area contributed by atoms with Gasteiger partial charge >= 0.3 is 0 Å². The highest BCUT2D eigenvalue weighted by Crippen LogP contribution is 2.24. The first-order chi connectivity index (χ1) is 7.77. The molecule has 1 rings (SSSR count). The first kappa shape index (κ1) is 14.0. The van der Waals surface area contributed by atoms with E-state index < -0.39 is 0 Å². The van der Waals surface area contributed by atoms with Crippen molar-refractivity contribution in [1.82, 2.24) is 5.32 Å². The number of nitrogens with one attached hydrogen (secondary N) is 1. The lowest BCUT2D eigenvalue weighted by Gasteiger charge is -2.34.